The second-order valence-corrected chi connectivity index (χ2v) is 5.91. The number of likely N-dealkylation sites (tertiary alicyclic amines) is 1. The van der Waals surface area contributed by atoms with E-state index in [9.17, 15) is 9.50 Å². The molecule has 2 aromatic rings. The van der Waals surface area contributed by atoms with E-state index in [1.165, 1.54) is 11.6 Å². The minimum absolute atomic E-state index is 0.0897. The van der Waals surface area contributed by atoms with Crippen molar-refractivity contribution in [3.8, 4) is 0 Å². The minimum atomic E-state index is -0.341. The van der Waals surface area contributed by atoms with Gasteiger partial charge in [-0.05, 0) is 43.0 Å². The van der Waals surface area contributed by atoms with Gasteiger partial charge in [0.25, 0.3) is 0 Å². The molecule has 3 rings (SSSR count). The fraction of sp³-hybridized carbons (Fsp3) is 0.471. The molecule has 1 aliphatic heterocycles. The molecule has 22 heavy (non-hydrogen) atoms. The van der Waals surface area contributed by atoms with Gasteiger partial charge in [0.1, 0.15) is 5.82 Å². The van der Waals surface area contributed by atoms with E-state index < -0.39 is 0 Å². The Labute approximate surface area is 130 Å². The van der Waals surface area contributed by atoms with E-state index >= 15 is 0 Å². The van der Waals surface area contributed by atoms with E-state index in [2.05, 4.69) is 23.1 Å². The Morgan fingerprint density at radius 1 is 1.41 bits per heavy atom. The molecule has 5 heteroatoms. The van der Waals surface area contributed by atoms with Gasteiger partial charge >= 0.3 is 0 Å². The third kappa shape index (κ3) is 3.36. The molecule has 1 aromatic carbocycles. The summed E-state index contributed by atoms with van der Waals surface area (Å²) in [5.74, 6) is -0.219. The van der Waals surface area contributed by atoms with Crippen LogP contribution in [0.25, 0.3) is 0 Å². The van der Waals surface area contributed by atoms with Crippen molar-refractivity contribution >= 4 is 0 Å². The van der Waals surface area contributed by atoms with Gasteiger partial charge in [-0.3, -0.25) is 9.58 Å². The zero-order valence-electron chi connectivity index (χ0n) is 12.8. The number of nitrogens with zero attached hydrogens (tertiary/aromatic N) is 3. The van der Waals surface area contributed by atoms with Crippen LogP contribution in [0.15, 0.2) is 36.7 Å². The highest BCUT2D eigenvalue weighted by Crippen LogP contribution is 2.32. The van der Waals surface area contributed by atoms with E-state index in [0.717, 1.165) is 25.1 Å². The van der Waals surface area contributed by atoms with Gasteiger partial charge in [0.2, 0.25) is 0 Å². The van der Waals surface area contributed by atoms with Crippen molar-refractivity contribution in [2.75, 3.05) is 13.1 Å². The summed E-state index contributed by atoms with van der Waals surface area (Å²) in [6, 6.07) is 6.79. The summed E-state index contributed by atoms with van der Waals surface area (Å²) in [6.45, 7) is 4.42. The van der Waals surface area contributed by atoms with E-state index in [1.54, 1.807) is 12.1 Å². The van der Waals surface area contributed by atoms with Gasteiger partial charge in [0, 0.05) is 31.9 Å². The average molecular weight is 303 g/mol. The van der Waals surface area contributed by atoms with Crippen molar-refractivity contribution in [1.29, 1.82) is 0 Å². The third-order valence-corrected chi connectivity index (χ3v) is 4.31. The summed E-state index contributed by atoms with van der Waals surface area (Å²) in [6.07, 6.45) is 5.17. The van der Waals surface area contributed by atoms with E-state index in [-0.39, 0.29) is 18.0 Å². The lowest BCUT2D eigenvalue weighted by molar-refractivity contribution is 0.175. The fourth-order valence-corrected chi connectivity index (χ4v) is 3.17. The Morgan fingerprint density at radius 2 is 2.27 bits per heavy atom. The zero-order chi connectivity index (χ0) is 15.5. The van der Waals surface area contributed by atoms with Gasteiger partial charge in [-0.2, -0.15) is 5.10 Å². The molecule has 0 saturated carbocycles. The summed E-state index contributed by atoms with van der Waals surface area (Å²) < 4.78 is 15.4. The van der Waals surface area contributed by atoms with Crippen molar-refractivity contribution in [2.24, 2.45) is 0 Å². The summed E-state index contributed by atoms with van der Waals surface area (Å²) >= 11 is 0. The van der Waals surface area contributed by atoms with Crippen LogP contribution in [-0.4, -0.2) is 39.0 Å². The maximum atomic E-state index is 13.4. The predicted octanol–water partition coefficient (Wildman–Crippen LogP) is 2.39. The fourth-order valence-electron chi connectivity index (χ4n) is 3.17. The van der Waals surface area contributed by atoms with Crippen LogP contribution < -0.4 is 0 Å². The molecule has 2 heterocycles. The van der Waals surface area contributed by atoms with Crippen molar-refractivity contribution in [2.45, 2.75) is 38.5 Å². The van der Waals surface area contributed by atoms with Gasteiger partial charge in [-0.15, -0.1) is 0 Å². The molecule has 1 aliphatic rings. The largest absolute Gasteiger partial charge is 0.392 e. The molecule has 1 N–H and O–H groups in total. The molecule has 0 radical (unpaired) electrons. The lowest BCUT2D eigenvalue weighted by Gasteiger charge is -2.24. The summed E-state index contributed by atoms with van der Waals surface area (Å²) in [4.78, 5) is 2.24. The first-order valence-electron chi connectivity index (χ1n) is 7.84. The molecule has 2 atom stereocenters. The Hall–Kier alpha value is -1.72. The highest BCUT2D eigenvalue weighted by Gasteiger charge is 2.31. The number of aliphatic hydroxyl groups excluding tert-OH is 1. The predicted molar refractivity (Wildman–Crippen MR) is 82.9 cm³/mol. The maximum Gasteiger partial charge on any atom is 0.123 e. The zero-order valence-corrected chi connectivity index (χ0v) is 12.8. The van der Waals surface area contributed by atoms with Gasteiger partial charge in [-0.1, -0.05) is 12.1 Å². The lowest BCUT2D eigenvalue weighted by Crippen LogP contribution is -2.27. The maximum absolute atomic E-state index is 13.4. The molecule has 1 saturated heterocycles. The highest BCUT2D eigenvalue weighted by atomic mass is 19.1. The minimum Gasteiger partial charge on any atom is -0.392 e. The molecule has 0 spiro atoms. The second kappa shape index (κ2) is 6.58. The summed E-state index contributed by atoms with van der Waals surface area (Å²) in [5.41, 5.74) is 2.14. The van der Waals surface area contributed by atoms with Crippen LogP contribution in [0.3, 0.4) is 0 Å². The first-order chi connectivity index (χ1) is 10.7. The third-order valence-electron chi connectivity index (χ3n) is 4.31. The van der Waals surface area contributed by atoms with Crippen molar-refractivity contribution in [3.05, 3.63) is 53.6 Å². The van der Waals surface area contributed by atoms with Gasteiger partial charge in [-0.25, -0.2) is 4.39 Å². The molecule has 0 amide bonds. The van der Waals surface area contributed by atoms with Crippen LogP contribution in [0.1, 0.15) is 30.5 Å². The van der Waals surface area contributed by atoms with Crippen LogP contribution in [0, 0.1) is 5.82 Å². The second-order valence-electron chi connectivity index (χ2n) is 5.91. The number of rotatable bonds is 5. The van der Waals surface area contributed by atoms with E-state index in [1.807, 2.05) is 16.9 Å². The van der Waals surface area contributed by atoms with E-state index in [4.69, 9.17) is 0 Å². The Bertz CT molecular complexity index is 628. The molecule has 0 unspecified atom stereocenters. The number of hydrogen-bond acceptors (Lipinski definition) is 3. The lowest BCUT2D eigenvalue weighted by atomic mass is 10.0. The van der Waals surface area contributed by atoms with Crippen LogP contribution >= 0.6 is 0 Å². The van der Waals surface area contributed by atoms with Gasteiger partial charge < -0.3 is 5.11 Å². The molecular weight excluding hydrogens is 281 g/mol. The topological polar surface area (TPSA) is 41.3 Å². The normalized spacial score (nSPS) is 22.3. The quantitative estimate of drug-likeness (QED) is 0.922. The highest BCUT2D eigenvalue weighted by molar-refractivity contribution is 5.22. The standard InChI is InChI=1S/C17H22FN3O/c1-2-21-11-13(10-19-21)6-7-20-12-16(22)9-17(20)14-4-3-5-15(18)8-14/h3-5,8,10-11,16-17,22H,2,6-7,9,12H2,1H3/t16-,17-/m0/s1. The molecule has 0 bridgehead atoms. The monoisotopic (exact) mass is 303 g/mol. The first-order valence-corrected chi connectivity index (χ1v) is 7.84. The number of benzene rings is 1. The number of aliphatic hydroxyl groups is 1. The van der Waals surface area contributed by atoms with Crippen LogP contribution in [0.4, 0.5) is 4.39 Å². The van der Waals surface area contributed by atoms with Crippen LogP contribution in [-0.2, 0) is 13.0 Å². The summed E-state index contributed by atoms with van der Waals surface area (Å²) in [7, 11) is 0. The first kappa shape index (κ1) is 15.2. The SMILES string of the molecule is CCn1cc(CCN2C[C@@H](O)C[C@H]2c2cccc(F)c2)cn1. The molecule has 118 valence electrons. The van der Waals surface area contributed by atoms with Crippen LogP contribution in [0.2, 0.25) is 0 Å². The summed E-state index contributed by atoms with van der Waals surface area (Å²) in [5, 5.41) is 14.3. The molecular formula is C17H22FN3O. The van der Waals surface area contributed by atoms with Crippen molar-refractivity contribution in [3.63, 3.8) is 0 Å². The van der Waals surface area contributed by atoms with E-state index in [0.29, 0.717) is 13.0 Å². The molecule has 0 aliphatic carbocycles. The number of aromatic nitrogens is 2. The number of halogens is 1. The molecule has 1 aromatic heterocycles. The smallest absolute Gasteiger partial charge is 0.123 e. The van der Waals surface area contributed by atoms with Gasteiger partial charge in [0.15, 0.2) is 0 Å². The van der Waals surface area contributed by atoms with Crippen molar-refractivity contribution < 1.29 is 9.50 Å². The Balaban J connectivity index is 1.68. The number of hydrogen-bond donors (Lipinski definition) is 1. The Kier molecular flexibility index (Phi) is 4.55. The molecule has 4 nitrogen and oxygen atoms in total. The number of aryl methyl sites for hydroxylation is 1. The molecule has 1 fully saturated rings. The number of β-amino-alcohol motifs (C(OH)–C–C–N with tert-alkyl or cyclic N) is 1. The van der Waals surface area contributed by atoms with Crippen molar-refractivity contribution in [1.82, 2.24) is 14.7 Å². The van der Waals surface area contributed by atoms with Crippen LogP contribution in [0.5, 0.6) is 0 Å². The Morgan fingerprint density at radius 3 is 3.00 bits per heavy atom. The average Bonchev–Trinajstić information content (AvgIpc) is 3.11. The van der Waals surface area contributed by atoms with Gasteiger partial charge in [0.05, 0.1) is 12.3 Å².